The molecule has 1 fully saturated rings. The highest BCUT2D eigenvalue weighted by Gasteiger charge is 2.37. The van der Waals surface area contributed by atoms with E-state index in [9.17, 15) is 24.5 Å². The first-order valence-electron chi connectivity index (χ1n) is 10.7. The number of carbonyl (C=O) groups is 3. The van der Waals surface area contributed by atoms with Crippen LogP contribution in [0.1, 0.15) is 11.1 Å². The Bertz CT molecular complexity index is 1530. The molecule has 4 rings (SSSR count). The van der Waals surface area contributed by atoms with Crippen molar-refractivity contribution in [2.75, 3.05) is 12.0 Å². The number of non-ortho nitro benzene ring substituents is 1. The number of nitro groups is 1. The summed E-state index contributed by atoms with van der Waals surface area (Å²) in [5.41, 5.74) is 0.387. The molecule has 194 valence electrons. The lowest BCUT2D eigenvalue weighted by Gasteiger charge is -2.26. The SMILES string of the molecule is COc1cc(/C=C2\C(=O)NC(=O)N(c3cccc([N+](=O)[O-])c3)C2=O)cc(I)c1OCc1ccc(Cl)cc1Cl. The van der Waals surface area contributed by atoms with E-state index in [1.54, 1.807) is 30.3 Å². The highest BCUT2D eigenvalue weighted by atomic mass is 127. The summed E-state index contributed by atoms with van der Waals surface area (Å²) in [4.78, 5) is 49.3. The lowest BCUT2D eigenvalue weighted by atomic mass is 10.1. The summed E-state index contributed by atoms with van der Waals surface area (Å²) in [7, 11) is 1.44. The fourth-order valence-electron chi connectivity index (χ4n) is 3.56. The van der Waals surface area contributed by atoms with Crippen LogP contribution in [0.5, 0.6) is 11.5 Å². The summed E-state index contributed by atoms with van der Waals surface area (Å²) >= 11 is 14.2. The van der Waals surface area contributed by atoms with Gasteiger partial charge in [0.25, 0.3) is 17.5 Å². The number of rotatable bonds is 7. The minimum absolute atomic E-state index is 0.0585. The highest BCUT2D eigenvalue weighted by Crippen LogP contribution is 2.36. The second kappa shape index (κ2) is 11.4. The first-order valence-corrected chi connectivity index (χ1v) is 12.5. The molecular weight excluding hydrogens is 652 g/mol. The number of nitrogens with one attached hydrogen (secondary N) is 1. The molecule has 0 bridgehead atoms. The smallest absolute Gasteiger partial charge is 0.335 e. The molecule has 0 radical (unpaired) electrons. The number of ether oxygens (including phenoxy) is 2. The zero-order valence-corrected chi connectivity index (χ0v) is 23.0. The third-order valence-electron chi connectivity index (χ3n) is 5.35. The highest BCUT2D eigenvalue weighted by molar-refractivity contribution is 14.1. The molecule has 38 heavy (non-hydrogen) atoms. The Kier molecular flexibility index (Phi) is 8.19. The number of methoxy groups -OCH3 is 1. The molecule has 0 atom stereocenters. The van der Waals surface area contributed by atoms with Crippen LogP contribution in [0.4, 0.5) is 16.2 Å². The fraction of sp³-hybridized carbons (Fsp3) is 0.0800. The average Bonchev–Trinajstić information content (AvgIpc) is 2.86. The molecule has 1 saturated heterocycles. The van der Waals surface area contributed by atoms with E-state index in [4.69, 9.17) is 32.7 Å². The molecule has 0 aliphatic carbocycles. The second-order valence-electron chi connectivity index (χ2n) is 7.79. The zero-order chi connectivity index (χ0) is 27.6. The van der Waals surface area contributed by atoms with E-state index in [0.717, 1.165) is 6.07 Å². The fourth-order valence-corrected chi connectivity index (χ4v) is 4.80. The number of imide groups is 2. The van der Waals surface area contributed by atoms with Crippen molar-refractivity contribution < 1.29 is 28.8 Å². The van der Waals surface area contributed by atoms with Gasteiger partial charge in [-0.15, -0.1) is 0 Å². The van der Waals surface area contributed by atoms with E-state index in [1.807, 2.05) is 22.6 Å². The van der Waals surface area contributed by atoms with E-state index < -0.39 is 22.8 Å². The van der Waals surface area contributed by atoms with Crippen LogP contribution in [0.2, 0.25) is 10.0 Å². The number of anilines is 1. The van der Waals surface area contributed by atoms with E-state index in [0.29, 0.717) is 41.1 Å². The van der Waals surface area contributed by atoms with Crippen LogP contribution in [0.3, 0.4) is 0 Å². The van der Waals surface area contributed by atoms with Crippen molar-refractivity contribution in [3.63, 3.8) is 0 Å². The summed E-state index contributed by atoms with van der Waals surface area (Å²) < 4.78 is 12.0. The van der Waals surface area contributed by atoms with Gasteiger partial charge in [0.1, 0.15) is 12.2 Å². The van der Waals surface area contributed by atoms with Crippen molar-refractivity contribution in [3.8, 4) is 11.5 Å². The molecule has 3 aromatic rings. The number of barbiturate groups is 1. The van der Waals surface area contributed by atoms with E-state index in [2.05, 4.69) is 5.32 Å². The van der Waals surface area contributed by atoms with Crippen molar-refractivity contribution in [1.29, 1.82) is 0 Å². The van der Waals surface area contributed by atoms with Crippen LogP contribution in [0, 0.1) is 13.7 Å². The third-order valence-corrected chi connectivity index (χ3v) is 6.74. The third kappa shape index (κ3) is 5.74. The maximum atomic E-state index is 13.2. The van der Waals surface area contributed by atoms with Gasteiger partial charge in [0.15, 0.2) is 11.5 Å². The standard InChI is InChI=1S/C25H16Cl2IN3O7/c1-37-21-9-13(8-20(28)22(21)38-12-14-5-6-15(26)10-19(14)27)7-18-23(32)29-25(34)30(24(18)33)16-3-2-4-17(11-16)31(35)36/h2-11H,12H2,1H3,(H,29,32,34)/b18-7+. The molecule has 13 heteroatoms. The minimum Gasteiger partial charge on any atom is -0.493 e. The lowest BCUT2D eigenvalue weighted by Crippen LogP contribution is -2.54. The van der Waals surface area contributed by atoms with E-state index >= 15 is 0 Å². The van der Waals surface area contributed by atoms with Crippen LogP contribution in [-0.4, -0.2) is 29.9 Å². The zero-order valence-electron chi connectivity index (χ0n) is 19.4. The second-order valence-corrected chi connectivity index (χ2v) is 9.80. The van der Waals surface area contributed by atoms with Crippen LogP contribution in [0.15, 0.2) is 60.2 Å². The predicted molar refractivity (Wildman–Crippen MR) is 149 cm³/mol. The van der Waals surface area contributed by atoms with Gasteiger partial charge >= 0.3 is 6.03 Å². The Morgan fingerprint density at radius 2 is 1.87 bits per heavy atom. The molecule has 0 unspecified atom stereocenters. The Morgan fingerprint density at radius 1 is 1.11 bits per heavy atom. The Labute approximate surface area is 239 Å². The van der Waals surface area contributed by atoms with Crippen molar-refractivity contribution in [3.05, 3.63) is 95.0 Å². The van der Waals surface area contributed by atoms with Crippen molar-refractivity contribution in [1.82, 2.24) is 5.32 Å². The van der Waals surface area contributed by atoms with Gasteiger partial charge in [0.05, 0.1) is 21.3 Å². The number of amides is 4. The van der Waals surface area contributed by atoms with Crippen molar-refractivity contribution in [2.45, 2.75) is 6.61 Å². The summed E-state index contributed by atoms with van der Waals surface area (Å²) in [6, 6.07) is 12.2. The van der Waals surface area contributed by atoms with Gasteiger partial charge in [-0.3, -0.25) is 25.0 Å². The Morgan fingerprint density at radius 3 is 2.55 bits per heavy atom. The van der Waals surface area contributed by atoms with Gasteiger partial charge in [0, 0.05) is 27.7 Å². The van der Waals surface area contributed by atoms with E-state index in [1.165, 1.54) is 31.4 Å². The Hall–Kier alpha value is -3.68. The van der Waals surface area contributed by atoms with Gasteiger partial charge in [-0.05, 0) is 64.6 Å². The van der Waals surface area contributed by atoms with E-state index in [-0.39, 0.29) is 23.6 Å². The molecule has 3 aromatic carbocycles. The molecule has 4 amide bonds. The minimum atomic E-state index is -1.02. The number of hydrogen-bond acceptors (Lipinski definition) is 7. The molecule has 0 spiro atoms. The van der Waals surface area contributed by atoms with Crippen LogP contribution < -0.4 is 19.7 Å². The normalized spacial score (nSPS) is 14.5. The number of urea groups is 1. The number of benzene rings is 3. The number of carbonyl (C=O) groups excluding carboxylic acids is 3. The first-order chi connectivity index (χ1) is 18.1. The van der Waals surface area contributed by atoms with Gasteiger partial charge in [0.2, 0.25) is 0 Å². The molecule has 1 N–H and O–H groups in total. The van der Waals surface area contributed by atoms with Crippen molar-refractivity contribution in [2.24, 2.45) is 0 Å². The summed E-state index contributed by atoms with van der Waals surface area (Å²) in [6.07, 6.45) is 1.29. The molecular formula is C25H16Cl2IN3O7. The van der Waals surface area contributed by atoms with Crippen LogP contribution >= 0.6 is 45.8 Å². The summed E-state index contributed by atoms with van der Waals surface area (Å²) in [5, 5.41) is 14.2. The van der Waals surface area contributed by atoms with Gasteiger partial charge < -0.3 is 9.47 Å². The quantitative estimate of drug-likeness (QED) is 0.112. The largest absolute Gasteiger partial charge is 0.493 e. The number of nitrogens with zero attached hydrogens (tertiary/aromatic N) is 2. The topological polar surface area (TPSA) is 128 Å². The number of halogens is 3. The number of nitro benzene ring substituents is 1. The molecule has 0 aromatic heterocycles. The summed E-state index contributed by atoms with van der Waals surface area (Å²) in [6.45, 7) is 0.129. The summed E-state index contributed by atoms with van der Waals surface area (Å²) in [5.74, 6) is -1.11. The first kappa shape index (κ1) is 27.4. The Balaban J connectivity index is 1.65. The van der Waals surface area contributed by atoms with Crippen LogP contribution in [-0.2, 0) is 16.2 Å². The lowest BCUT2D eigenvalue weighted by molar-refractivity contribution is -0.384. The predicted octanol–water partition coefficient (Wildman–Crippen LogP) is 5.76. The molecule has 1 heterocycles. The average molecular weight is 668 g/mol. The molecule has 10 nitrogen and oxygen atoms in total. The van der Waals surface area contributed by atoms with Gasteiger partial charge in [-0.2, -0.15) is 0 Å². The van der Waals surface area contributed by atoms with Crippen molar-refractivity contribution >= 4 is 81.1 Å². The van der Waals surface area contributed by atoms with Crippen LogP contribution in [0.25, 0.3) is 6.08 Å². The van der Waals surface area contributed by atoms with Gasteiger partial charge in [-0.25, -0.2) is 9.69 Å². The monoisotopic (exact) mass is 667 g/mol. The van der Waals surface area contributed by atoms with Gasteiger partial charge in [-0.1, -0.05) is 35.3 Å². The molecule has 0 saturated carbocycles. The number of hydrogen-bond donors (Lipinski definition) is 1. The molecule has 1 aliphatic heterocycles. The molecule has 1 aliphatic rings. The maximum Gasteiger partial charge on any atom is 0.335 e. The maximum absolute atomic E-state index is 13.2.